The molecule has 1 nitrogen and oxygen atoms in total. The molecule has 1 heteroatoms. The van der Waals surface area contributed by atoms with Gasteiger partial charge in [0.1, 0.15) is 0 Å². The zero-order valence-electron chi connectivity index (χ0n) is 9.16. The number of hydrogen-bond donors (Lipinski definition) is 1. The maximum absolute atomic E-state index is 5.37. The van der Waals surface area contributed by atoms with Gasteiger partial charge < -0.3 is 5.32 Å². The summed E-state index contributed by atoms with van der Waals surface area (Å²) < 4.78 is 0. The third kappa shape index (κ3) is 2.53. The van der Waals surface area contributed by atoms with Crippen LogP contribution in [0.3, 0.4) is 0 Å². The largest absolute Gasteiger partial charge is 0.382 e. The molecule has 2 atom stereocenters. The Hall–Kier alpha value is -1.42. The normalized spacial score (nSPS) is 24.8. The van der Waals surface area contributed by atoms with Gasteiger partial charge in [-0.05, 0) is 43.4 Å². The molecule has 0 unspecified atom stereocenters. The standard InChI is InChI=1S/C14H17N/c1-3-12-5-4-6-13(10-12)15-14-8-7-11(2)9-14/h1,4-6,10-11,14-15H,7-9H2,2H3/t11-,14+/m1/s1. The summed E-state index contributed by atoms with van der Waals surface area (Å²) in [6.45, 7) is 2.32. The molecular formula is C14H17N. The first kappa shape index (κ1) is 10.1. The Kier molecular flexibility index (Phi) is 2.97. The molecule has 1 aliphatic rings. The molecule has 1 aliphatic carbocycles. The monoisotopic (exact) mass is 199 g/mol. The number of rotatable bonds is 2. The second-order valence-electron chi connectivity index (χ2n) is 4.48. The van der Waals surface area contributed by atoms with E-state index in [1.165, 1.54) is 19.3 Å². The van der Waals surface area contributed by atoms with Crippen LogP contribution in [0, 0.1) is 18.3 Å². The minimum atomic E-state index is 0.632. The Labute approximate surface area is 91.9 Å². The maximum atomic E-state index is 5.37. The Balaban J connectivity index is 2.02. The Bertz CT molecular complexity index is 375. The van der Waals surface area contributed by atoms with Crippen LogP contribution in [-0.4, -0.2) is 6.04 Å². The molecular weight excluding hydrogens is 182 g/mol. The van der Waals surface area contributed by atoms with Gasteiger partial charge in [0.05, 0.1) is 0 Å². The van der Waals surface area contributed by atoms with Crippen LogP contribution in [0.25, 0.3) is 0 Å². The van der Waals surface area contributed by atoms with Crippen LogP contribution in [0.5, 0.6) is 0 Å². The minimum Gasteiger partial charge on any atom is -0.382 e. The van der Waals surface area contributed by atoms with Crippen molar-refractivity contribution in [2.24, 2.45) is 5.92 Å². The molecule has 0 spiro atoms. The first-order chi connectivity index (χ1) is 7.28. The molecule has 78 valence electrons. The van der Waals surface area contributed by atoms with Gasteiger partial charge in [-0.15, -0.1) is 6.42 Å². The zero-order chi connectivity index (χ0) is 10.7. The highest BCUT2D eigenvalue weighted by atomic mass is 14.9. The Morgan fingerprint density at radius 2 is 2.27 bits per heavy atom. The molecule has 0 aromatic heterocycles. The van der Waals surface area contributed by atoms with E-state index in [-0.39, 0.29) is 0 Å². The van der Waals surface area contributed by atoms with E-state index < -0.39 is 0 Å². The third-order valence-corrected chi connectivity index (χ3v) is 3.09. The van der Waals surface area contributed by atoms with Crippen molar-refractivity contribution in [3.63, 3.8) is 0 Å². The van der Waals surface area contributed by atoms with Gasteiger partial charge in [0, 0.05) is 17.3 Å². The van der Waals surface area contributed by atoms with Gasteiger partial charge in [-0.3, -0.25) is 0 Å². The summed E-state index contributed by atoms with van der Waals surface area (Å²) in [6, 6.07) is 8.73. The van der Waals surface area contributed by atoms with Gasteiger partial charge >= 0.3 is 0 Å². The van der Waals surface area contributed by atoms with E-state index in [2.05, 4.69) is 24.2 Å². The highest BCUT2D eigenvalue weighted by molar-refractivity contribution is 5.50. The smallest absolute Gasteiger partial charge is 0.0354 e. The number of hydrogen-bond acceptors (Lipinski definition) is 1. The average molecular weight is 199 g/mol. The van der Waals surface area contributed by atoms with Gasteiger partial charge in [-0.25, -0.2) is 0 Å². The van der Waals surface area contributed by atoms with Crippen molar-refractivity contribution in [2.75, 3.05) is 5.32 Å². The van der Waals surface area contributed by atoms with Gasteiger partial charge in [0.2, 0.25) is 0 Å². The van der Waals surface area contributed by atoms with Crippen molar-refractivity contribution in [1.29, 1.82) is 0 Å². The summed E-state index contributed by atoms with van der Waals surface area (Å²) in [5, 5.41) is 3.55. The topological polar surface area (TPSA) is 12.0 Å². The molecule has 2 rings (SSSR count). The van der Waals surface area contributed by atoms with Crippen LogP contribution in [0.1, 0.15) is 31.7 Å². The number of terminal acetylenes is 1. The van der Waals surface area contributed by atoms with Crippen molar-refractivity contribution in [3.05, 3.63) is 29.8 Å². The van der Waals surface area contributed by atoms with E-state index in [0.29, 0.717) is 6.04 Å². The van der Waals surface area contributed by atoms with Crippen molar-refractivity contribution >= 4 is 5.69 Å². The molecule has 0 heterocycles. The lowest BCUT2D eigenvalue weighted by molar-refractivity contribution is 0.602. The summed E-state index contributed by atoms with van der Waals surface area (Å²) in [5.74, 6) is 3.52. The van der Waals surface area contributed by atoms with E-state index in [1.807, 2.05) is 18.2 Å². The number of nitrogens with one attached hydrogen (secondary N) is 1. The Morgan fingerprint density at radius 1 is 1.40 bits per heavy atom. The van der Waals surface area contributed by atoms with Crippen molar-refractivity contribution < 1.29 is 0 Å². The highest BCUT2D eigenvalue weighted by Crippen LogP contribution is 2.27. The molecule has 1 saturated carbocycles. The summed E-state index contributed by atoms with van der Waals surface area (Å²) in [6.07, 6.45) is 9.27. The fourth-order valence-corrected chi connectivity index (χ4v) is 2.27. The van der Waals surface area contributed by atoms with Gasteiger partial charge in [-0.2, -0.15) is 0 Å². The summed E-state index contributed by atoms with van der Waals surface area (Å²) >= 11 is 0. The predicted octanol–water partition coefficient (Wildman–Crippen LogP) is 3.27. The van der Waals surface area contributed by atoms with Crippen LogP contribution < -0.4 is 5.32 Å². The number of anilines is 1. The lowest BCUT2D eigenvalue weighted by atomic mass is 10.1. The van der Waals surface area contributed by atoms with E-state index in [0.717, 1.165) is 17.2 Å². The van der Waals surface area contributed by atoms with Crippen LogP contribution >= 0.6 is 0 Å². The predicted molar refractivity (Wildman–Crippen MR) is 64.8 cm³/mol. The average Bonchev–Trinajstić information content (AvgIpc) is 2.64. The summed E-state index contributed by atoms with van der Waals surface area (Å²) in [4.78, 5) is 0. The maximum Gasteiger partial charge on any atom is 0.0354 e. The van der Waals surface area contributed by atoms with Crippen LogP contribution in [0.2, 0.25) is 0 Å². The minimum absolute atomic E-state index is 0.632. The van der Waals surface area contributed by atoms with Gasteiger partial charge in [0.25, 0.3) is 0 Å². The molecule has 0 bridgehead atoms. The van der Waals surface area contributed by atoms with Crippen molar-refractivity contribution in [1.82, 2.24) is 0 Å². The summed E-state index contributed by atoms with van der Waals surface area (Å²) in [7, 11) is 0. The van der Waals surface area contributed by atoms with E-state index in [1.54, 1.807) is 0 Å². The van der Waals surface area contributed by atoms with Crippen molar-refractivity contribution in [3.8, 4) is 12.3 Å². The fraction of sp³-hybridized carbons (Fsp3) is 0.429. The first-order valence-electron chi connectivity index (χ1n) is 5.61. The molecule has 0 radical (unpaired) electrons. The van der Waals surface area contributed by atoms with Crippen LogP contribution in [-0.2, 0) is 0 Å². The van der Waals surface area contributed by atoms with E-state index in [9.17, 15) is 0 Å². The summed E-state index contributed by atoms with van der Waals surface area (Å²) in [5.41, 5.74) is 2.11. The van der Waals surface area contributed by atoms with Crippen LogP contribution in [0.4, 0.5) is 5.69 Å². The molecule has 1 N–H and O–H groups in total. The molecule has 15 heavy (non-hydrogen) atoms. The molecule has 1 aromatic carbocycles. The van der Waals surface area contributed by atoms with Gasteiger partial charge in [-0.1, -0.05) is 18.9 Å². The quantitative estimate of drug-likeness (QED) is 0.721. The second-order valence-corrected chi connectivity index (χ2v) is 4.48. The first-order valence-corrected chi connectivity index (χ1v) is 5.61. The molecule has 1 aromatic rings. The molecule has 0 aliphatic heterocycles. The fourth-order valence-electron chi connectivity index (χ4n) is 2.27. The number of benzene rings is 1. The van der Waals surface area contributed by atoms with E-state index in [4.69, 9.17) is 6.42 Å². The zero-order valence-corrected chi connectivity index (χ0v) is 9.16. The SMILES string of the molecule is C#Cc1cccc(N[C@H]2CC[C@@H](C)C2)c1. The van der Waals surface area contributed by atoms with E-state index >= 15 is 0 Å². The molecule has 0 saturated heterocycles. The molecule has 1 fully saturated rings. The lowest BCUT2D eigenvalue weighted by Gasteiger charge is -2.14. The highest BCUT2D eigenvalue weighted by Gasteiger charge is 2.20. The second kappa shape index (κ2) is 4.40. The molecule has 0 amide bonds. The Morgan fingerprint density at radius 3 is 2.93 bits per heavy atom. The third-order valence-electron chi connectivity index (χ3n) is 3.09. The van der Waals surface area contributed by atoms with Crippen molar-refractivity contribution in [2.45, 2.75) is 32.2 Å². The van der Waals surface area contributed by atoms with Crippen LogP contribution in [0.15, 0.2) is 24.3 Å². The lowest BCUT2D eigenvalue weighted by Crippen LogP contribution is -2.15. The van der Waals surface area contributed by atoms with Gasteiger partial charge in [0.15, 0.2) is 0 Å².